The minimum atomic E-state index is 0. The fourth-order valence-corrected chi connectivity index (χ4v) is 2.74. The van der Waals surface area contributed by atoms with Crippen LogP contribution in [0.1, 0.15) is 32.8 Å². The van der Waals surface area contributed by atoms with E-state index < -0.39 is 0 Å². The van der Waals surface area contributed by atoms with Crippen molar-refractivity contribution in [1.29, 1.82) is 0 Å². The number of nitrogens with one attached hydrogen (secondary N) is 2. The van der Waals surface area contributed by atoms with E-state index in [4.69, 9.17) is 4.74 Å². The number of aliphatic imine (C=N–C) groups is 1. The second-order valence-corrected chi connectivity index (χ2v) is 6.20. The highest BCUT2D eigenvalue weighted by Crippen LogP contribution is 2.42. The molecule has 22 heavy (non-hydrogen) atoms. The molecule has 2 rings (SSSR count). The molecule has 2 N–H and O–H groups in total. The summed E-state index contributed by atoms with van der Waals surface area (Å²) in [6, 6.07) is 0.383. The third-order valence-electron chi connectivity index (χ3n) is 4.30. The molecule has 0 spiro atoms. The van der Waals surface area contributed by atoms with Gasteiger partial charge in [0.2, 0.25) is 0 Å². The summed E-state index contributed by atoms with van der Waals surface area (Å²) in [4.78, 5) is 4.64. The lowest BCUT2D eigenvalue weighted by atomic mass is 9.64. The maximum Gasteiger partial charge on any atom is 0.191 e. The van der Waals surface area contributed by atoms with Crippen LogP contribution in [0.3, 0.4) is 0 Å². The average molecular weight is 421 g/mol. The predicted molar refractivity (Wildman–Crippen MR) is 99.6 cm³/mol. The Morgan fingerprint density at radius 2 is 2.27 bits per heavy atom. The SMILES string of the molecule is CCNC(=NCc1cnn(C)c1)NC1CC(OC)C1(C)C.I. The van der Waals surface area contributed by atoms with Crippen LogP contribution in [0, 0.1) is 5.41 Å². The second-order valence-electron chi connectivity index (χ2n) is 6.20. The van der Waals surface area contributed by atoms with Crippen LogP contribution >= 0.6 is 24.0 Å². The third-order valence-corrected chi connectivity index (χ3v) is 4.30. The molecule has 1 aliphatic carbocycles. The zero-order chi connectivity index (χ0) is 15.5. The number of hydrogen-bond acceptors (Lipinski definition) is 3. The average Bonchev–Trinajstić information content (AvgIpc) is 2.85. The first kappa shape index (κ1) is 19.2. The van der Waals surface area contributed by atoms with Gasteiger partial charge in [0.25, 0.3) is 0 Å². The van der Waals surface area contributed by atoms with Crippen LogP contribution in [0.5, 0.6) is 0 Å². The summed E-state index contributed by atoms with van der Waals surface area (Å²) in [5.74, 6) is 0.856. The van der Waals surface area contributed by atoms with Gasteiger partial charge in [-0.05, 0) is 13.3 Å². The molecule has 1 aliphatic rings. The van der Waals surface area contributed by atoms with Crippen LogP contribution in [0.2, 0.25) is 0 Å². The van der Waals surface area contributed by atoms with Gasteiger partial charge in [0, 0.05) is 43.9 Å². The van der Waals surface area contributed by atoms with Gasteiger partial charge in [0.1, 0.15) is 0 Å². The van der Waals surface area contributed by atoms with Crippen molar-refractivity contribution in [2.45, 2.75) is 45.9 Å². The molecule has 0 amide bonds. The summed E-state index contributed by atoms with van der Waals surface area (Å²) < 4.78 is 7.29. The highest BCUT2D eigenvalue weighted by molar-refractivity contribution is 14.0. The topological polar surface area (TPSA) is 63.5 Å². The Hall–Kier alpha value is -0.830. The van der Waals surface area contributed by atoms with E-state index in [1.165, 1.54) is 0 Å². The maximum absolute atomic E-state index is 5.49. The van der Waals surface area contributed by atoms with Gasteiger partial charge < -0.3 is 15.4 Å². The number of hydrogen-bond donors (Lipinski definition) is 2. The lowest BCUT2D eigenvalue weighted by Crippen LogP contribution is -2.63. The highest BCUT2D eigenvalue weighted by Gasteiger charge is 2.48. The zero-order valence-corrected chi connectivity index (χ0v) is 16.4. The Bertz CT molecular complexity index is 500. The largest absolute Gasteiger partial charge is 0.381 e. The molecule has 0 radical (unpaired) electrons. The van der Waals surface area contributed by atoms with E-state index in [1.807, 2.05) is 19.4 Å². The Balaban J connectivity index is 0.00000242. The molecule has 1 fully saturated rings. The molecule has 0 aliphatic heterocycles. The van der Waals surface area contributed by atoms with E-state index in [9.17, 15) is 0 Å². The minimum absolute atomic E-state index is 0. The number of guanidine groups is 1. The van der Waals surface area contributed by atoms with E-state index >= 15 is 0 Å². The molecular formula is C15H28IN5O. The number of methoxy groups -OCH3 is 1. The Kier molecular flexibility index (Phi) is 7.11. The highest BCUT2D eigenvalue weighted by atomic mass is 127. The van der Waals surface area contributed by atoms with E-state index in [0.717, 1.165) is 24.5 Å². The van der Waals surface area contributed by atoms with Crippen molar-refractivity contribution in [3.8, 4) is 0 Å². The van der Waals surface area contributed by atoms with Crippen LogP contribution in [-0.2, 0) is 18.3 Å². The Labute approximate surface area is 150 Å². The summed E-state index contributed by atoms with van der Waals surface area (Å²) >= 11 is 0. The van der Waals surface area contributed by atoms with Gasteiger partial charge in [-0.15, -0.1) is 24.0 Å². The molecule has 2 atom stereocenters. The summed E-state index contributed by atoms with van der Waals surface area (Å²) in [7, 11) is 3.70. The molecule has 0 bridgehead atoms. The molecule has 7 heteroatoms. The Morgan fingerprint density at radius 1 is 1.55 bits per heavy atom. The molecule has 6 nitrogen and oxygen atoms in total. The summed E-state index contributed by atoms with van der Waals surface area (Å²) in [5.41, 5.74) is 1.23. The van der Waals surface area contributed by atoms with E-state index in [-0.39, 0.29) is 29.4 Å². The van der Waals surface area contributed by atoms with Crippen LogP contribution in [0.25, 0.3) is 0 Å². The lowest BCUT2D eigenvalue weighted by Gasteiger charge is -2.51. The van der Waals surface area contributed by atoms with E-state index in [2.05, 4.69) is 41.5 Å². The van der Waals surface area contributed by atoms with Gasteiger partial charge in [0.05, 0.1) is 18.8 Å². The minimum Gasteiger partial charge on any atom is -0.381 e. The number of rotatable bonds is 5. The first-order chi connectivity index (χ1) is 9.97. The van der Waals surface area contributed by atoms with Gasteiger partial charge in [0.15, 0.2) is 5.96 Å². The van der Waals surface area contributed by atoms with Crippen molar-refractivity contribution in [3.05, 3.63) is 18.0 Å². The molecule has 126 valence electrons. The van der Waals surface area contributed by atoms with Crippen molar-refractivity contribution in [3.63, 3.8) is 0 Å². The summed E-state index contributed by atoms with van der Waals surface area (Å²) in [5, 5.41) is 11.0. The van der Waals surface area contributed by atoms with E-state index in [1.54, 1.807) is 11.8 Å². The van der Waals surface area contributed by atoms with Crippen LogP contribution in [0.15, 0.2) is 17.4 Å². The number of nitrogens with zero attached hydrogens (tertiary/aromatic N) is 3. The van der Waals surface area contributed by atoms with E-state index in [0.29, 0.717) is 18.7 Å². The zero-order valence-electron chi connectivity index (χ0n) is 14.1. The van der Waals surface area contributed by atoms with Crippen molar-refractivity contribution in [2.75, 3.05) is 13.7 Å². The maximum atomic E-state index is 5.49. The number of ether oxygens (including phenoxy) is 1. The standard InChI is InChI=1S/C15H27N5O.HI/c1-6-16-14(17-8-11-9-18-20(4)10-11)19-12-7-13(21-5)15(12,2)3;/h9-10,12-13H,6-8H2,1-5H3,(H2,16,17,19);1H. The summed E-state index contributed by atoms with van der Waals surface area (Å²) in [6.07, 6.45) is 5.17. The first-order valence-corrected chi connectivity index (χ1v) is 7.52. The van der Waals surface area contributed by atoms with Gasteiger partial charge >= 0.3 is 0 Å². The smallest absolute Gasteiger partial charge is 0.191 e. The number of aromatic nitrogens is 2. The third kappa shape index (κ3) is 4.34. The van der Waals surface area contributed by atoms with Gasteiger partial charge in [-0.3, -0.25) is 4.68 Å². The quantitative estimate of drug-likeness (QED) is 0.433. The molecule has 0 saturated heterocycles. The lowest BCUT2D eigenvalue weighted by molar-refractivity contribution is -0.0922. The first-order valence-electron chi connectivity index (χ1n) is 7.52. The van der Waals surface area contributed by atoms with Gasteiger partial charge in [-0.1, -0.05) is 13.8 Å². The second kappa shape index (κ2) is 8.14. The van der Waals surface area contributed by atoms with Crippen LogP contribution < -0.4 is 10.6 Å². The normalized spacial score (nSPS) is 23.4. The molecule has 1 aromatic heterocycles. The van der Waals surface area contributed by atoms with Crippen molar-refractivity contribution >= 4 is 29.9 Å². The van der Waals surface area contributed by atoms with Crippen LogP contribution in [0.4, 0.5) is 0 Å². The van der Waals surface area contributed by atoms with Crippen molar-refractivity contribution in [1.82, 2.24) is 20.4 Å². The Morgan fingerprint density at radius 3 is 2.77 bits per heavy atom. The molecule has 1 heterocycles. The summed E-state index contributed by atoms with van der Waals surface area (Å²) in [6.45, 7) is 8.01. The molecule has 0 aromatic carbocycles. The number of aryl methyl sites for hydroxylation is 1. The van der Waals surface area contributed by atoms with Gasteiger partial charge in [-0.25, -0.2) is 4.99 Å². The molecule has 1 saturated carbocycles. The van der Waals surface area contributed by atoms with Gasteiger partial charge in [-0.2, -0.15) is 5.10 Å². The molecule has 1 aromatic rings. The van der Waals surface area contributed by atoms with Crippen LogP contribution in [-0.4, -0.2) is 41.5 Å². The fourth-order valence-electron chi connectivity index (χ4n) is 2.74. The predicted octanol–water partition coefficient (Wildman–Crippen LogP) is 1.91. The van der Waals surface area contributed by atoms with Crippen molar-refractivity contribution < 1.29 is 4.74 Å². The molecule has 2 unspecified atom stereocenters. The van der Waals surface area contributed by atoms with Crippen molar-refractivity contribution in [2.24, 2.45) is 17.5 Å². The number of halogens is 1. The monoisotopic (exact) mass is 421 g/mol. The molecular weight excluding hydrogens is 393 g/mol. The fraction of sp³-hybridized carbons (Fsp3) is 0.733.